The van der Waals surface area contributed by atoms with Gasteiger partial charge in [-0.1, -0.05) is 13.0 Å². The van der Waals surface area contributed by atoms with Gasteiger partial charge in [0, 0.05) is 17.6 Å². The average molecular weight is 281 g/mol. The van der Waals surface area contributed by atoms with E-state index in [1.807, 2.05) is 6.07 Å². The predicted molar refractivity (Wildman–Crippen MR) is 79.7 cm³/mol. The van der Waals surface area contributed by atoms with Gasteiger partial charge in [-0.15, -0.1) is 12.4 Å². The first kappa shape index (κ1) is 14.4. The number of anilines is 1. The Morgan fingerprint density at radius 3 is 2.84 bits per heavy atom. The molecule has 1 heterocycles. The Balaban J connectivity index is 0.00000133. The highest BCUT2D eigenvalue weighted by atomic mass is 35.5. The SMILES string of the molecule is CCC1(C(=O)Nc2ccc3c(c2)CNCC3)CC1.Cl. The molecule has 2 aliphatic rings. The lowest BCUT2D eigenvalue weighted by Crippen LogP contribution is -2.25. The maximum absolute atomic E-state index is 12.2. The summed E-state index contributed by atoms with van der Waals surface area (Å²) in [6.45, 7) is 4.07. The third-order valence-electron chi connectivity index (χ3n) is 4.36. The van der Waals surface area contributed by atoms with Crippen molar-refractivity contribution in [3.63, 3.8) is 0 Å². The van der Waals surface area contributed by atoms with Gasteiger partial charge < -0.3 is 10.6 Å². The molecule has 0 unspecified atom stereocenters. The lowest BCUT2D eigenvalue weighted by atomic mass is 9.99. The third kappa shape index (κ3) is 2.77. The number of hydrogen-bond donors (Lipinski definition) is 2. The molecule has 1 saturated carbocycles. The summed E-state index contributed by atoms with van der Waals surface area (Å²) in [5, 5.41) is 6.44. The second-order valence-electron chi connectivity index (χ2n) is 5.50. The Bertz CT molecular complexity index is 483. The van der Waals surface area contributed by atoms with Crippen molar-refractivity contribution < 1.29 is 4.79 Å². The molecule has 3 nitrogen and oxygen atoms in total. The summed E-state index contributed by atoms with van der Waals surface area (Å²) in [4.78, 5) is 12.2. The van der Waals surface area contributed by atoms with Gasteiger partial charge in [0.05, 0.1) is 0 Å². The van der Waals surface area contributed by atoms with Crippen LogP contribution in [-0.2, 0) is 17.8 Å². The van der Waals surface area contributed by atoms with E-state index in [1.165, 1.54) is 11.1 Å². The monoisotopic (exact) mass is 280 g/mol. The number of nitrogens with one attached hydrogen (secondary N) is 2. The van der Waals surface area contributed by atoms with Gasteiger partial charge >= 0.3 is 0 Å². The van der Waals surface area contributed by atoms with Crippen LogP contribution in [-0.4, -0.2) is 12.5 Å². The summed E-state index contributed by atoms with van der Waals surface area (Å²) >= 11 is 0. The molecule has 1 aromatic rings. The fraction of sp³-hybridized carbons (Fsp3) is 0.533. The Hall–Kier alpha value is -1.06. The van der Waals surface area contributed by atoms with Crippen LogP contribution >= 0.6 is 12.4 Å². The van der Waals surface area contributed by atoms with Gasteiger partial charge in [-0.2, -0.15) is 0 Å². The number of fused-ring (bicyclic) bond motifs is 1. The molecule has 3 rings (SSSR count). The second kappa shape index (κ2) is 5.51. The standard InChI is InChI=1S/C15H20N2O.ClH/c1-2-15(6-7-15)14(18)17-13-4-3-11-5-8-16-10-12(11)9-13;/h3-4,9,16H,2,5-8,10H2,1H3,(H,17,18);1H. The quantitative estimate of drug-likeness (QED) is 0.894. The smallest absolute Gasteiger partial charge is 0.230 e. The number of rotatable bonds is 3. The van der Waals surface area contributed by atoms with Crippen molar-refractivity contribution in [2.45, 2.75) is 39.2 Å². The third-order valence-corrected chi connectivity index (χ3v) is 4.36. The number of carbonyl (C=O) groups excluding carboxylic acids is 1. The van der Waals surface area contributed by atoms with Crippen LogP contribution in [0.2, 0.25) is 0 Å². The van der Waals surface area contributed by atoms with E-state index in [4.69, 9.17) is 0 Å². The van der Waals surface area contributed by atoms with Gasteiger partial charge in [0.25, 0.3) is 0 Å². The van der Waals surface area contributed by atoms with Crippen LogP contribution in [0, 0.1) is 5.41 Å². The summed E-state index contributed by atoms with van der Waals surface area (Å²) in [6, 6.07) is 6.30. The molecule has 4 heteroatoms. The topological polar surface area (TPSA) is 41.1 Å². The van der Waals surface area contributed by atoms with E-state index < -0.39 is 0 Å². The maximum Gasteiger partial charge on any atom is 0.230 e. The number of halogens is 1. The van der Waals surface area contributed by atoms with Crippen molar-refractivity contribution in [2.75, 3.05) is 11.9 Å². The van der Waals surface area contributed by atoms with Crippen molar-refractivity contribution in [1.82, 2.24) is 5.32 Å². The first-order valence-electron chi connectivity index (χ1n) is 6.87. The summed E-state index contributed by atoms with van der Waals surface area (Å²) in [7, 11) is 0. The van der Waals surface area contributed by atoms with Crippen molar-refractivity contribution >= 4 is 24.0 Å². The van der Waals surface area contributed by atoms with Crippen molar-refractivity contribution in [3.05, 3.63) is 29.3 Å². The van der Waals surface area contributed by atoms with Crippen LogP contribution in [0.5, 0.6) is 0 Å². The highest BCUT2D eigenvalue weighted by Crippen LogP contribution is 2.49. The fourth-order valence-corrected chi connectivity index (χ4v) is 2.71. The maximum atomic E-state index is 12.2. The minimum absolute atomic E-state index is 0. The van der Waals surface area contributed by atoms with Crippen LogP contribution in [0.3, 0.4) is 0 Å². The Morgan fingerprint density at radius 1 is 1.37 bits per heavy atom. The average Bonchev–Trinajstić information content (AvgIpc) is 3.19. The number of hydrogen-bond acceptors (Lipinski definition) is 2. The second-order valence-corrected chi connectivity index (χ2v) is 5.50. The molecule has 0 atom stereocenters. The molecular formula is C15H21ClN2O. The largest absolute Gasteiger partial charge is 0.326 e. The van der Waals surface area contributed by atoms with Crippen LogP contribution in [0.15, 0.2) is 18.2 Å². The zero-order valence-corrected chi connectivity index (χ0v) is 12.1. The molecule has 0 bridgehead atoms. The molecule has 0 spiro atoms. The minimum Gasteiger partial charge on any atom is -0.326 e. The number of carbonyl (C=O) groups is 1. The number of amides is 1. The molecule has 0 saturated heterocycles. The fourth-order valence-electron chi connectivity index (χ4n) is 2.71. The summed E-state index contributed by atoms with van der Waals surface area (Å²) in [5.74, 6) is 0.203. The van der Waals surface area contributed by atoms with E-state index in [0.717, 1.165) is 44.5 Å². The van der Waals surface area contributed by atoms with Gasteiger partial charge in [-0.25, -0.2) is 0 Å². The van der Waals surface area contributed by atoms with E-state index in [2.05, 4.69) is 29.7 Å². The first-order chi connectivity index (χ1) is 8.73. The minimum atomic E-state index is -0.0614. The molecule has 1 aliphatic carbocycles. The molecule has 1 aliphatic heterocycles. The van der Waals surface area contributed by atoms with E-state index in [0.29, 0.717) is 0 Å². The Kier molecular flexibility index (Phi) is 4.16. The molecule has 19 heavy (non-hydrogen) atoms. The molecule has 1 aromatic carbocycles. The van der Waals surface area contributed by atoms with Crippen LogP contribution in [0.4, 0.5) is 5.69 Å². The van der Waals surface area contributed by atoms with Crippen LogP contribution < -0.4 is 10.6 Å². The van der Waals surface area contributed by atoms with Gasteiger partial charge in [0.2, 0.25) is 5.91 Å². The molecule has 2 N–H and O–H groups in total. The molecule has 1 amide bonds. The molecule has 0 radical (unpaired) electrons. The zero-order valence-electron chi connectivity index (χ0n) is 11.3. The summed E-state index contributed by atoms with van der Waals surface area (Å²) in [6.07, 6.45) is 4.12. The van der Waals surface area contributed by atoms with E-state index >= 15 is 0 Å². The summed E-state index contributed by atoms with van der Waals surface area (Å²) in [5.41, 5.74) is 3.61. The highest BCUT2D eigenvalue weighted by Gasteiger charge is 2.47. The number of benzene rings is 1. The Labute approximate surface area is 120 Å². The van der Waals surface area contributed by atoms with Crippen molar-refractivity contribution in [2.24, 2.45) is 5.41 Å². The van der Waals surface area contributed by atoms with E-state index in [9.17, 15) is 4.79 Å². The summed E-state index contributed by atoms with van der Waals surface area (Å²) < 4.78 is 0. The molecule has 104 valence electrons. The van der Waals surface area contributed by atoms with Gasteiger partial charge in [-0.3, -0.25) is 4.79 Å². The molecule has 0 aromatic heterocycles. The zero-order chi connectivity index (χ0) is 12.6. The lowest BCUT2D eigenvalue weighted by molar-refractivity contribution is -0.121. The van der Waals surface area contributed by atoms with Crippen molar-refractivity contribution in [1.29, 1.82) is 0 Å². The first-order valence-corrected chi connectivity index (χ1v) is 6.87. The van der Waals surface area contributed by atoms with Crippen LogP contribution in [0.1, 0.15) is 37.3 Å². The Morgan fingerprint density at radius 2 is 2.16 bits per heavy atom. The normalized spacial score (nSPS) is 19.0. The van der Waals surface area contributed by atoms with Crippen molar-refractivity contribution in [3.8, 4) is 0 Å². The highest BCUT2D eigenvalue weighted by molar-refractivity contribution is 5.97. The lowest BCUT2D eigenvalue weighted by Gasteiger charge is -2.19. The van der Waals surface area contributed by atoms with E-state index in [1.54, 1.807) is 0 Å². The predicted octanol–water partition coefficient (Wildman–Crippen LogP) is 2.88. The van der Waals surface area contributed by atoms with Gasteiger partial charge in [-0.05, 0) is 55.5 Å². The van der Waals surface area contributed by atoms with Gasteiger partial charge in [0.1, 0.15) is 0 Å². The molecule has 1 fully saturated rings. The molecular weight excluding hydrogens is 260 g/mol. The van der Waals surface area contributed by atoms with Crippen LogP contribution in [0.25, 0.3) is 0 Å². The van der Waals surface area contributed by atoms with Gasteiger partial charge in [0.15, 0.2) is 0 Å². The van der Waals surface area contributed by atoms with E-state index in [-0.39, 0.29) is 23.7 Å².